The number of rotatable bonds is 8. The van der Waals surface area contributed by atoms with Crippen LogP contribution in [-0.2, 0) is 16.1 Å². The van der Waals surface area contributed by atoms with Gasteiger partial charge in [-0.15, -0.1) is 0 Å². The molecule has 2 fully saturated rings. The highest BCUT2D eigenvalue weighted by atomic mass is 32.1. The lowest BCUT2D eigenvalue weighted by atomic mass is 9.93. The Labute approximate surface area is 160 Å². The Morgan fingerprint density at radius 3 is 2.81 bits per heavy atom. The van der Waals surface area contributed by atoms with Crippen molar-refractivity contribution in [2.24, 2.45) is 11.3 Å². The van der Waals surface area contributed by atoms with Crippen LogP contribution >= 0.6 is 11.3 Å². The largest absolute Gasteiger partial charge is 0.347 e. The number of hydrogen-bond acceptors (Lipinski definition) is 4. The van der Waals surface area contributed by atoms with Crippen molar-refractivity contribution in [3.63, 3.8) is 0 Å². The van der Waals surface area contributed by atoms with Gasteiger partial charge in [-0.3, -0.25) is 9.59 Å². The molecule has 2 heterocycles. The quantitative estimate of drug-likeness (QED) is 0.732. The highest BCUT2D eigenvalue weighted by Crippen LogP contribution is 2.56. The summed E-state index contributed by atoms with van der Waals surface area (Å²) in [5.41, 5.74) is 1.49. The van der Waals surface area contributed by atoms with Crippen molar-refractivity contribution >= 4 is 23.2 Å². The molecule has 1 saturated carbocycles. The van der Waals surface area contributed by atoms with Crippen molar-refractivity contribution < 1.29 is 9.59 Å². The van der Waals surface area contributed by atoms with E-state index in [0.717, 1.165) is 38.8 Å². The van der Waals surface area contributed by atoms with Gasteiger partial charge in [0, 0.05) is 19.0 Å². The Balaban J connectivity index is 1.58. The molecule has 2 N–H and O–H groups in total. The number of carbonyl (C=O) groups is 2. The third-order valence-electron chi connectivity index (χ3n) is 5.76. The molecule has 6 heteroatoms. The van der Waals surface area contributed by atoms with Crippen molar-refractivity contribution in [2.45, 2.75) is 58.5 Å². The van der Waals surface area contributed by atoms with Crippen LogP contribution in [0.25, 0.3) is 0 Å². The lowest BCUT2D eigenvalue weighted by Gasteiger charge is -2.29. The minimum Gasteiger partial charge on any atom is -0.347 e. The maximum Gasteiger partial charge on any atom is 0.242 e. The van der Waals surface area contributed by atoms with Crippen LogP contribution in [0.2, 0.25) is 0 Å². The topological polar surface area (TPSA) is 61.4 Å². The molecular formula is C20H31N3O2S. The zero-order chi connectivity index (χ0) is 18.6. The highest BCUT2D eigenvalue weighted by Gasteiger charge is 2.57. The first-order chi connectivity index (χ1) is 12.5. The lowest BCUT2D eigenvalue weighted by molar-refractivity contribution is -0.134. The zero-order valence-electron chi connectivity index (χ0n) is 15.9. The molecule has 144 valence electrons. The predicted molar refractivity (Wildman–Crippen MR) is 105 cm³/mol. The number of hydrogen-bond donors (Lipinski definition) is 2. The van der Waals surface area contributed by atoms with E-state index in [2.05, 4.69) is 41.3 Å². The second-order valence-electron chi connectivity index (χ2n) is 8.19. The van der Waals surface area contributed by atoms with E-state index >= 15 is 0 Å². The van der Waals surface area contributed by atoms with E-state index in [4.69, 9.17) is 0 Å². The average molecular weight is 378 g/mol. The van der Waals surface area contributed by atoms with Gasteiger partial charge in [-0.25, -0.2) is 0 Å². The normalized spacial score (nSPS) is 21.0. The van der Waals surface area contributed by atoms with Crippen LogP contribution in [0.5, 0.6) is 0 Å². The van der Waals surface area contributed by atoms with E-state index in [-0.39, 0.29) is 18.4 Å². The van der Waals surface area contributed by atoms with Crippen LogP contribution in [0.3, 0.4) is 0 Å². The average Bonchev–Trinajstić information content (AvgIpc) is 3.06. The molecule has 26 heavy (non-hydrogen) atoms. The summed E-state index contributed by atoms with van der Waals surface area (Å²) in [6, 6.07) is 2.41. The van der Waals surface area contributed by atoms with Gasteiger partial charge >= 0.3 is 0 Å². The van der Waals surface area contributed by atoms with Crippen LogP contribution in [0.15, 0.2) is 16.8 Å². The van der Waals surface area contributed by atoms with Gasteiger partial charge in [0.2, 0.25) is 11.8 Å². The summed E-state index contributed by atoms with van der Waals surface area (Å²) in [6.07, 6.45) is 4.75. The van der Waals surface area contributed by atoms with Gasteiger partial charge in [-0.05, 0) is 72.5 Å². The summed E-state index contributed by atoms with van der Waals surface area (Å²) in [4.78, 5) is 26.9. The molecule has 1 aromatic heterocycles. The van der Waals surface area contributed by atoms with Crippen molar-refractivity contribution in [1.82, 2.24) is 15.5 Å². The highest BCUT2D eigenvalue weighted by molar-refractivity contribution is 7.07. The number of thiophene rings is 1. The zero-order valence-corrected chi connectivity index (χ0v) is 16.7. The van der Waals surface area contributed by atoms with Crippen LogP contribution in [0.1, 0.15) is 51.5 Å². The van der Waals surface area contributed by atoms with Gasteiger partial charge in [0.1, 0.15) is 0 Å². The number of carbonyl (C=O) groups excluding carboxylic acids is 2. The third kappa shape index (κ3) is 4.86. The molecule has 2 amide bonds. The van der Waals surface area contributed by atoms with Crippen molar-refractivity contribution in [2.75, 3.05) is 19.6 Å². The minimum absolute atomic E-state index is 0.0186. The number of nitrogens with one attached hydrogen (secondary N) is 2. The Bertz CT molecular complexity index is 609. The molecule has 1 aromatic rings. The summed E-state index contributed by atoms with van der Waals surface area (Å²) in [5, 5.41) is 10.4. The van der Waals surface area contributed by atoms with Crippen molar-refractivity contribution in [3.8, 4) is 0 Å². The van der Waals surface area contributed by atoms with E-state index in [1.807, 2.05) is 4.90 Å². The summed E-state index contributed by atoms with van der Waals surface area (Å²) >= 11 is 1.66. The van der Waals surface area contributed by atoms with Gasteiger partial charge in [0.25, 0.3) is 0 Å². The SMILES string of the molecule is CC(C)CCC(=O)NCC(=O)N(Cc1ccsc1)C1CC12CCNCC2. The standard InChI is InChI=1S/C20H31N3O2S/c1-15(2)3-4-18(24)22-12-19(25)23(13-16-5-10-26-14-16)17-11-20(17)6-8-21-9-7-20/h5,10,14-15,17,21H,3-4,6-9,11-13H2,1-2H3,(H,22,24). The molecule has 5 nitrogen and oxygen atoms in total. The van der Waals surface area contributed by atoms with Gasteiger partial charge in [0.05, 0.1) is 6.54 Å². The Morgan fingerprint density at radius 1 is 1.38 bits per heavy atom. The van der Waals surface area contributed by atoms with E-state index in [9.17, 15) is 9.59 Å². The van der Waals surface area contributed by atoms with Crippen LogP contribution in [0, 0.1) is 11.3 Å². The summed E-state index contributed by atoms with van der Waals surface area (Å²) < 4.78 is 0. The van der Waals surface area contributed by atoms with Gasteiger partial charge in [-0.2, -0.15) is 11.3 Å². The predicted octanol–water partition coefficient (Wildman–Crippen LogP) is 2.77. The summed E-state index contributed by atoms with van der Waals surface area (Å²) in [7, 11) is 0. The van der Waals surface area contributed by atoms with Gasteiger partial charge in [0.15, 0.2) is 0 Å². The summed E-state index contributed by atoms with van der Waals surface area (Å²) in [5.74, 6) is 0.530. The monoisotopic (exact) mass is 377 g/mol. The molecule has 2 aliphatic rings. The second-order valence-corrected chi connectivity index (χ2v) is 8.97. The molecule has 1 unspecified atom stereocenters. The van der Waals surface area contributed by atoms with Crippen LogP contribution < -0.4 is 10.6 Å². The van der Waals surface area contributed by atoms with E-state index < -0.39 is 0 Å². The Morgan fingerprint density at radius 2 is 2.15 bits per heavy atom. The maximum absolute atomic E-state index is 12.9. The number of amides is 2. The molecular weight excluding hydrogens is 346 g/mol. The van der Waals surface area contributed by atoms with Crippen LogP contribution in [-0.4, -0.2) is 42.4 Å². The van der Waals surface area contributed by atoms with E-state index in [1.54, 1.807) is 11.3 Å². The first-order valence-corrected chi connectivity index (χ1v) is 10.7. The van der Waals surface area contributed by atoms with Crippen molar-refractivity contribution in [3.05, 3.63) is 22.4 Å². The van der Waals surface area contributed by atoms with Gasteiger partial charge in [-0.1, -0.05) is 13.8 Å². The fourth-order valence-corrected chi connectivity index (χ4v) is 4.62. The Hall–Kier alpha value is -1.40. The molecule has 1 spiro atoms. The van der Waals surface area contributed by atoms with E-state index in [0.29, 0.717) is 30.3 Å². The molecule has 0 aromatic carbocycles. The van der Waals surface area contributed by atoms with Crippen LogP contribution in [0.4, 0.5) is 0 Å². The molecule has 1 atom stereocenters. The fraction of sp³-hybridized carbons (Fsp3) is 0.700. The minimum atomic E-state index is -0.0186. The molecule has 0 bridgehead atoms. The first kappa shape index (κ1) is 19.4. The molecule has 1 saturated heterocycles. The number of piperidine rings is 1. The second kappa shape index (κ2) is 8.53. The molecule has 1 aliphatic heterocycles. The van der Waals surface area contributed by atoms with Gasteiger partial charge < -0.3 is 15.5 Å². The number of nitrogens with zero attached hydrogens (tertiary/aromatic N) is 1. The Kier molecular flexibility index (Phi) is 6.35. The molecule has 1 aliphatic carbocycles. The summed E-state index contributed by atoms with van der Waals surface area (Å²) in [6.45, 7) is 7.07. The smallest absolute Gasteiger partial charge is 0.242 e. The third-order valence-corrected chi connectivity index (χ3v) is 6.49. The lowest BCUT2D eigenvalue weighted by Crippen LogP contribution is -2.43. The van der Waals surface area contributed by atoms with Crippen molar-refractivity contribution in [1.29, 1.82) is 0 Å². The maximum atomic E-state index is 12.9. The molecule has 3 rings (SSSR count). The van der Waals surface area contributed by atoms with E-state index in [1.165, 1.54) is 5.56 Å². The first-order valence-electron chi connectivity index (χ1n) is 9.78. The molecule has 0 radical (unpaired) electrons. The fourth-order valence-electron chi connectivity index (χ4n) is 3.96.